The molecule has 0 saturated carbocycles. The van der Waals surface area contributed by atoms with Crippen molar-refractivity contribution in [3.63, 3.8) is 0 Å². The zero-order chi connectivity index (χ0) is 19.7. The summed E-state index contributed by atoms with van der Waals surface area (Å²) < 4.78 is 0. The molecule has 0 N–H and O–H groups in total. The monoisotopic (exact) mass is 397 g/mol. The second-order valence-electron chi connectivity index (χ2n) is 8.54. The van der Waals surface area contributed by atoms with E-state index < -0.39 is 0 Å². The van der Waals surface area contributed by atoms with Crippen molar-refractivity contribution < 1.29 is 0 Å². The van der Waals surface area contributed by atoms with Gasteiger partial charge in [-0.05, 0) is 24.3 Å². The summed E-state index contributed by atoms with van der Waals surface area (Å²) in [6.45, 7) is 6.20. The largest absolute Gasteiger partial charge is 0.162 e. The van der Waals surface area contributed by atoms with Gasteiger partial charge in [-0.25, -0.2) is 0 Å². The maximum Gasteiger partial charge on any atom is -0.00675 e. The predicted molar refractivity (Wildman–Crippen MR) is 130 cm³/mol. The molecule has 0 unspecified atom stereocenters. The minimum Gasteiger partial charge on any atom is -0.162 e. The van der Waals surface area contributed by atoms with Crippen molar-refractivity contribution in [1.29, 1.82) is 0 Å². The Hall–Kier alpha value is 0.350. The highest BCUT2D eigenvalue weighted by atomic mass is 32.2. The lowest BCUT2D eigenvalue weighted by atomic mass is 10.0. The molecule has 0 rings (SSSR count). The van der Waals surface area contributed by atoms with Gasteiger partial charge in [-0.3, -0.25) is 0 Å². The lowest BCUT2D eigenvalue weighted by Crippen LogP contribution is -1.86. The minimum atomic E-state index is 1.10. The van der Waals surface area contributed by atoms with Crippen LogP contribution < -0.4 is 0 Å². The second-order valence-corrected chi connectivity index (χ2v) is 9.76. The molecule has 1 radical (unpaired) electrons. The van der Waals surface area contributed by atoms with Gasteiger partial charge in [-0.2, -0.15) is 11.8 Å². The molecule has 1 heteroatoms. The quantitative estimate of drug-likeness (QED) is 0.146. The molecule has 0 aliphatic rings. The standard InChI is InChI=1S/C26H53S/c1-3-5-7-8-9-10-11-12-13-14-15-16-17-18-19-20-21-22-23-24-26-27-25-6-4-2/h2-26H2,1H3. The van der Waals surface area contributed by atoms with E-state index in [9.17, 15) is 0 Å². The first-order valence-corrected chi connectivity index (χ1v) is 13.9. The van der Waals surface area contributed by atoms with Crippen molar-refractivity contribution in [2.75, 3.05) is 11.5 Å². The van der Waals surface area contributed by atoms with E-state index in [4.69, 9.17) is 0 Å². The Balaban J connectivity index is 2.95. The van der Waals surface area contributed by atoms with Gasteiger partial charge in [-0.15, -0.1) is 0 Å². The highest BCUT2D eigenvalue weighted by molar-refractivity contribution is 7.99. The predicted octanol–water partition coefficient (Wildman–Crippen LogP) is 10.2. The summed E-state index contributed by atoms with van der Waals surface area (Å²) in [4.78, 5) is 0. The molecule has 0 amide bonds. The Morgan fingerprint density at radius 2 is 0.704 bits per heavy atom. The van der Waals surface area contributed by atoms with Gasteiger partial charge in [-0.1, -0.05) is 142 Å². The zero-order valence-electron chi connectivity index (χ0n) is 19.1. The van der Waals surface area contributed by atoms with Crippen LogP contribution in [-0.2, 0) is 0 Å². The fourth-order valence-corrected chi connectivity index (χ4v) is 4.79. The third-order valence-electron chi connectivity index (χ3n) is 5.68. The third-order valence-corrected chi connectivity index (χ3v) is 6.84. The van der Waals surface area contributed by atoms with Crippen molar-refractivity contribution in [3.8, 4) is 0 Å². The molecule has 0 aliphatic heterocycles. The molecular formula is C26H53S. The summed E-state index contributed by atoms with van der Waals surface area (Å²) in [6.07, 6.45) is 31.8. The highest BCUT2D eigenvalue weighted by Gasteiger charge is 1.95. The molecule has 0 saturated heterocycles. The molecule has 0 aromatic rings. The Morgan fingerprint density at radius 1 is 0.407 bits per heavy atom. The van der Waals surface area contributed by atoms with Crippen LogP contribution in [0.4, 0.5) is 0 Å². The summed E-state index contributed by atoms with van der Waals surface area (Å²) in [6, 6.07) is 0. The Morgan fingerprint density at radius 3 is 1.04 bits per heavy atom. The molecule has 0 nitrogen and oxygen atoms in total. The SMILES string of the molecule is [CH2]CCCSCCCCCCCCCCCCCCCCCCCCCC. The average Bonchev–Trinajstić information content (AvgIpc) is 2.68. The van der Waals surface area contributed by atoms with E-state index in [0.717, 1.165) is 6.42 Å². The molecule has 0 bridgehead atoms. The van der Waals surface area contributed by atoms with Crippen LogP contribution in [0.25, 0.3) is 0 Å². The van der Waals surface area contributed by atoms with Gasteiger partial charge in [0.25, 0.3) is 0 Å². The van der Waals surface area contributed by atoms with Gasteiger partial charge in [0.05, 0.1) is 0 Å². The average molecular weight is 398 g/mol. The van der Waals surface area contributed by atoms with E-state index in [2.05, 4.69) is 25.6 Å². The number of hydrogen-bond acceptors (Lipinski definition) is 1. The Labute approximate surface area is 178 Å². The lowest BCUT2D eigenvalue weighted by Gasteiger charge is -2.04. The number of thioether (sulfide) groups is 1. The van der Waals surface area contributed by atoms with Crippen LogP contribution in [0.3, 0.4) is 0 Å². The second kappa shape index (κ2) is 26.4. The van der Waals surface area contributed by atoms with Crippen molar-refractivity contribution in [2.24, 2.45) is 0 Å². The van der Waals surface area contributed by atoms with Crippen molar-refractivity contribution in [2.45, 2.75) is 148 Å². The maximum atomic E-state index is 3.90. The smallest absolute Gasteiger partial charge is 0.00675 e. The molecule has 0 aliphatic carbocycles. The van der Waals surface area contributed by atoms with E-state index in [1.807, 2.05) is 0 Å². The molecule has 0 fully saturated rings. The summed E-state index contributed by atoms with van der Waals surface area (Å²) in [7, 11) is 0. The number of hydrogen-bond donors (Lipinski definition) is 0. The molecule has 163 valence electrons. The molecule has 0 aromatic carbocycles. The summed E-state index contributed by atoms with van der Waals surface area (Å²) in [5.74, 6) is 2.70. The van der Waals surface area contributed by atoms with Crippen LogP contribution >= 0.6 is 11.8 Å². The zero-order valence-corrected chi connectivity index (χ0v) is 19.9. The summed E-state index contributed by atoms with van der Waals surface area (Å²) >= 11 is 2.13. The van der Waals surface area contributed by atoms with Crippen molar-refractivity contribution in [3.05, 3.63) is 6.92 Å². The first-order chi connectivity index (χ1) is 13.4. The van der Waals surface area contributed by atoms with Crippen molar-refractivity contribution >= 4 is 11.8 Å². The third kappa shape index (κ3) is 26.4. The van der Waals surface area contributed by atoms with Gasteiger partial charge < -0.3 is 0 Å². The van der Waals surface area contributed by atoms with Crippen LogP contribution in [0.15, 0.2) is 0 Å². The Bertz CT molecular complexity index is 214. The molecular weight excluding hydrogens is 344 g/mol. The van der Waals surface area contributed by atoms with Crippen LogP contribution in [0, 0.1) is 6.92 Å². The molecule has 0 atom stereocenters. The van der Waals surface area contributed by atoms with E-state index >= 15 is 0 Å². The lowest BCUT2D eigenvalue weighted by molar-refractivity contribution is 0.523. The first-order valence-electron chi connectivity index (χ1n) is 12.8. The Kier molecular flexibility index (Phi) is 26.7. The van der Waals surface area contributed by atoms with Crippen LogP contribution in [0.5, 0.6) is 0 Å². The molecule has 27 heavy (non-hydrogen) atoms. The normalized spacial score (nSPS) is 11.3. The van der Waals surface area contributed by atoms with E-state index in [1.54, 1.807) is 0 Å². The molecule has 0 heterocycles. The topological polar surface area (TPSA) is 0 Å². The first kappa shape index (κ1) is 27.4. The fraction of sp³-hybridized carbons (Fsp3) is 0.962. The fourth-order valence-electron chi connectivity index (χ4n) is 3.77. The van der Waals surface area contributed by atoms with Crippen molar-refractivity contribution in [1.82, 2.24) is 0 Å². The minimum absolute atomic E-state index is 1.10. The number of unbranched alkanes of at least 4 members (excludes halogenated alkanes) is 20. The van der Waals surface area contributed by atoms with Crippen LogP contribution in [0.2, 0.25) is 0 Å². The summed E-state index contributed by atoms with van der Waals surface area (Å²) in [5.41, 5.74) is 0. The van der Waals surface area contributed by atoms with Gasteiger partial charge >= 0.3 is 0 Å². The molecule has 0 aromatic heterocycles. The summed E-state index contributed by atoms with van der Waals surface area (Å²) in [5, 5.41) is 0. The van der Waals surface area contributed by atoms with E-state index in [0.29, 0.717) is 0 Å². The van der Waals surface area contributed by atoms with Gasteiger partial charge in [0.2, 0.25) is 0 Å². The molecule has 0 spiro atoms. The van der Waals surface area contributed by atoms with E-state index in [-0.39, 0.29) is 0 Å². The van der Waals surface area contributed by atoms with E-state index in [1.165, 1.54) is 146 Å². The highest BCUT2D eigenvalue weighted by Crippen LogP contribution is 2.15. The van der Waals surface area contributed by atoms with Gasteiger partial charge in [0.1, 0.15) is 0 Å². The maximum absolute atomic E-state index is 3.90. The van der Waals surface area contributed by atoms with Gasteiger partial charge in [0.15, 0.2) is 0 Å². The van der Waals surface area contributed by atoms with Crippen LogP contribution in [0.1, 0.15) is 148 Å². The number of rotatable bonds is 24. The van der Waals surface area contributed by atoms with Crippen LogP contribution in [-0.4, -0.2) is 11.5 Å². The van der Waals surface area contributed by atoms with Gasteiger partial charge in [0, 0.05) is 0 Å².